The Hall–Kier alpha value is 0.843. The van der Waals surface area contributed by atoms with E-state index in [2.05, 4.69) is 19.2 Å². The van der Waals surface area contributed by atoms with Crippen molar-refractivity contribution < 1.29 is 0 Å². The fourth-order valence-electron chi connectivity index (χ4n) is 0.729. The molecule has 10 heavy (non-hydrogen) atoms. The van der Waals surface area contributed by atoms with Crippen LogP contribution < -0.4 is 5.32 Å². The Morgan fingerprint density at radius 3 is 1.60 bits per heavy atom. The first kappa shape index (κ1) is 13.4. The van der Waals surface area contributed by atoms with Crippen LogP contribution in [0.15, 0.2) is 0 Å². The average Bonchev–Trinajstić information content (AvgIpc) is 1.89. The van der Waals surface area contributed by atoms with Crippen molar-refractivity contribution in [1.82, 2.24) is 5.32 Å². The summed E-state index contributed by atoms with van der Waals surface area (Å²) in [4.78, 5) is 0. The van der Waals surface area contributed by atoms with Crippen molar-refractivity contribution in [2.24, 2.45) is 0 Å². The molecule has 0 aliphatic rings. The van der Waals surface area contributed by atoms with Gasteiger partial charge >= 0.3 is 26.2 Å². The van der Waals surface area contributed by atoms with Gasteiger partial charge in [0.1, 0.15) is 0 Å². The SMILES string of the molecule is CCCCNCCCC.[BiH3]. The molecule has 0 heterocycles. The quantitative estimate of drug-likeness (QED) is 0.561. The molecule has 0 aromatic carbocycles. The Bertz CT molecular complexity index is 42.5. The first-order valence-electron chi connectivity index (χ1n) is 4.12. The van der Waals surface area contributed by atoms with Gasteiger partial charge in [-0.2, -0.15) is 0 Å². The predicted octanol–water partition coefficient (Wildman–Crippen LogP) is 0.992. The van der Waals surface area contributed by atoms with E-state index in [9.17, 15) is 0 Å². The maximum absolute atomic E-state index is 3.39. The molecule has 0 amide bonds. The molecule has 0 saturated heterocycles. The van der Waals surface area contributed by atoms with E-state index < -0.39 is 0 Å². The minimum atomic E-state index is 0. The van der Waals surface area contributed by atoms with Crippen LogP contribution in [0.3, 0.4) is 0 Å². The van der Waals surface area contributed by atoms with Gasteiger partial charge in [-0.15, -0.1) is 0 Å². The molecule has 0 rings (SSSR count). The molecule has 0 bridgehead atoms. The van der Waals surface area contributed by atoms with Crippen LogP contribution in [0, 0.1) is 0 Å². The molecule has 0 atom stereocenters. The third-order valence-electron chi connectivity index (χ3n) is 1.41. The fraction of sp³-hybridized carbons (Fsp3) is 1.00. The normalized spacial score (nSPS) is 9.00. The Balaban J connectivity index is 0. The van der Waals surface area contributed by atoms with Gasteiger partial charge in [0.2, 0.25) is 0 Å². The van der Waals surface area contributed by atoms with E-state index >= 15 is 0 Å². The molecule has 1 N–H and O–H groups in total. The Morgan fingerprint density at radius 2 is 1.30 bits per heavy atom. The number of nitrogens with one attached hydrogen (secondary N) is 1. The fourth-order valence-corrected chi connectivity index (χ4v) is 0.729. The maximum atomic E-state index is 3.39. The molecule has 2 heteroatoms. The number of unbranched alkanes of at least 4 members (excludes halogenated alkanes) is 2. The number of hydrogen-bond acceptors (Lipinski definition) is 1. The summed E-state index contributed by atoms with van der Waals surface area (Å²) in [6, 6.07) is 0. The van der Waals surface area contributed by atoms with Crippen molar-refractivity contribution in [3.8, 4) is 0 Å². The van der Waals surface area contributed by atoms with E-state index in [0.717, 1.165) is 0 Å². The van der Waals surface area contributed by atoms with Gasteiger partial charge in [-0.05, 0) is 25.9 Å². The Kier molecular flexibility index (Phi) is 16.8. The van der Waals surface area contributed by atoms with Crippen LogP contribution >= 0.6 is 0 Å². The second-order valence-corrected chi connectivity index (χ2v) is 2.46. The third kappa shape index (κ3) is 11.6. The summed E-state index contributed by atoms with van der Waals surface area (Å²) >= 11 is 0. The summed E-state index contributed by atoms with van der Waals surface area (Å²) < 4.78 is 0. The van der Waals surface area contributed by atoms with Crippen LogP contribution in [0.2, 0.25) is 0 Å². The Morgan fingerprint density at radius 1 is 0.900 bits per heavy atom. The molecule has 0 spiro atoms. The van der Waals surface area contributed by atoms with Gasteiger partial charge in [0, 0.05) is 0 Å². The topological polar surface area (TPSA) is 12.0 Å². The van der Waals surface area contributed by atoms with Crippen LogP contribution in [-0.2, 0) is 0 Å². The molecule has 1 nitrogen and oxygen atoms in total. The summed E-state index contributed by atoms with van der Waals surface area (Å²) in [5.74, 6) is 0. The van der Waals surface area contributed by atoms with Crippen molar-refractivity contribution >= 4 is 26.2 Å². The molecule has 64 valence electrons. The Labute approximate surface area is 84.1 Å². The molecule has 0 aromatic heterocycles. The van der Waals surface area contributed by atoms with E-state index in [0.29, 0.717) is 0 Å². The predicted molar refractivity (Wildman–Crippen MR) is 52.6 cm³/mol. The standard InChI is InChI=1S/C8H19N.Bi.3H/c1-3-5-7-9-8-6-4-2;;;;/h9H,3-8H2,1-2H3;;;;. The molecule has 0 aromatic rings. The summed E-state index contributed by atoms with van der Waals surface area (Å²) in [5.41, 5.74) is 0. The van der Waals surface area contributed by atoms with Gasteiger partial charge in [0.25, 0.3) is 0 Å². The van der Waals surface area contributed by atoms with Crippen molar-refractivity contribution in [3.05, 3.63) is 0 Å². The van der Waals surface area contributed by atoms with Crippen LogP contribution in [0.5, 0.6) is 0 Å². The van der Waals surface area contributed by atoms with Gasteiger partial charge in [-0.1, -0.05) is 26.7 Å². The molecular formula is C8H22BiN. The first-order valence-corrected chi connectivity index (χ1v) is 4.12. The molecule has 0 unspecified atom stereocenters. The second kappa shape index (κ2) is 12.5. The van der Waals surface area contributed by atoms with E-state index in [4.69, 9.17) is 0 Å². The van der Waals surface area contributed by atoms with E-state index in [-0.39, 0.29) is 26.2 Å². The molecule has 0 radical (unpaired) electrons. The number of rotatable bonds is 6. The zero-order valence-electron chi connectivity index (χ0n) is 7.45. The summed E-state index contributed by atoms with van der Waals surface area (Å²) in [6.07, 6.45) is 5.26. The number of hydrogen-bond donors (Lipinski definition) is 1. The van der Waals surface area contributed by atoms with Crippen LogP contribution in [0.1, 0.15) is 39.5 Å². The molecule has 0 saturated carbocycles. The summed E-state index contributed by atoms with van der Waals surface area (Å²) in [7, 11) is 0. The monoisotopic (exact) mass is 341 g/mol. The summed E-state index contributed by atoms with van der Waals surface area (Å²) in [5, 5.41) is 3.39. The van der Waals surface area contributed by atoms with Gasteiger partial charge in [-0.25, -0.2) is 0 Å². The molecule has 0 fully saturated rings. The van der Waals surface area contributed by atoms with Crippen molar-refractivity contribution in [2.75, 3.05) is 13.1 Å². The van der Waals surface area contributed by atoms with Gasteiger partial charge < -0.3 is 5.32 Å². The van der Waals surface area contributed by atoms with Crippen molar-refractivity contribution in [3.63, 3.8) is 0 Å². The first-order chi connectivity index (χ1) is 4.41. The van der Waals surface area contributed by atoms with Gasteiger partial charge in [-0.3, -0.25) is 0 Å². The third-order valence-corrected chi connectivity index (χ3v) is 1.41. The molecular weight excluding hydrogens is 319 g/mol. The van der Waals surface area contributed by atoms with E-state index in [1.807, 2.05) is 0 Å². The van der Waals surface area contributed by atoms with E-state index in [1.165, 1.54) is 38.8 Å². The molecule has 0 aliphatic carbocycles. The van der Waals surface area contributed by atoms with Gasteiger partial charge in [0.05, 0.1) is 0 Å². The van der Waals surface area contributed by atoms with E-state index in [1.54, 1.807) is 0 Å². The zero-order chi connectivity index (χ0) is 6.95. The van der Waals surface area contributed by atoms with Crippen LogP contribution in [0.4, 0.5) is 0 Å². The summed E-state index contributed by atoms with van der Waals surface area (Å²) in [6.45, 7) is 6.86. The van der Waals surface area contributed by atoms with Crippen molar-refractivity contribution in [2.45, 2.75) is 39.5 Å². The average molecular weight is 341 g/mol. The van der Waals surface area contributed by atoms with Gasteiger partial charge in [0.15, 0.2) is 0 Å². The molecule has 0 aliphatic heterocycles. The zero-order valence-corrected chi connectivity index (χ0v) is 12.9. The van der Waals surface area contributed by atoms with Crippen LogP contribution in [-0.4, -0.2) is 39.3 Å². The van der Waals surface area contributed by atoms with Crippen LogP contribution in [0.25, 0.3) is 0 Å². The second-order valence-electron chi connectivity index (χ2n) is 2.46. The minimum absolute atomic E-state index is 0. The van der Waals surface area contributed by atoms with Crippen molar-refractivity contribution in [1.29, 1.82) is 0 Å².